The lowest BCUT2D eigenvalue weighted by atomic mass is 10.2. The van der Waals surface area contributed by atoms with E-state index < -0.39 is 11.7 Å². The van der Waals surface area contributed by atoms with Crippen molar-refractivity contribution in [1.82, 2.24) is 14.9 Å². The van der Waals surface area contributed by atoms with Gasteiger partial charge in [-0.3, -0.25) is 0 Å². The van der Waals surface area contributed by atoms with Crippen LogP contribution < -0.4 is 0 Å². The molecule has 0 amide bonds. The van der Waals surface area contributed by atoms with Gasteiger partial charge in [-0.1, -0.05) is 11.8 Å². The van der Waals surface area contributed by atoms with Crippen LogP contribution in [0.15, 0.2) is 46.9 Å². The maximum atomic E-state index is 12.3. The van der Waals surface area contributed by atoms with Crippen molar-refractivity contribution < 1.29 is 13.2 Å². The van der Waals surface area contributed by atoms with E-state index in [1.165, 1.54) is 46.8 Å². The standard InChI is InChI=1S/C10H7F3N4S/c11-10(12,13)8-1-3-9(4-2-8)18-7-16-17-5-14-15-6-17/h1-7H/b16-7+. The lowest BCUT2D eigenvalue weighted by molar-refractivity contribution is -0.137. The van der Waals surface area contributed by atoms with Gasteiger partial charge < -0.3 is 0 Å². The Hall–Kier alpha value is -1.83. The first-order valence-corrected chi connectivity index (χ1v) is 5.65. The Labute approximate surface area is 105 Å². The smallest absolute Gasteiger partial charge is 0.207 e. The maximum Gasteiger partial charge on any atom is 0.416 e. The number of hydrogen-bond acceptors (Lipinski definition) is 4. The number of alkyl halides is 3. The van der Waals surface area contributed by atoms with Crippen LogP contribution >= 0.6 is 11.8 Å². The monoisotopic (exact) mass is 272 g/mol. The molecule has 2 rings (SSSR count). The predicted octanol–water partition coefficient (Wildman–Crippen LogP) is 2.88. The zero-order valence-corrected chi connectivity index (χ0v) is 9.69. The van der Waals surface area contributed by atoms with Crippen molar-refractivity contribution in [2.75, 3.05) is 0 Å². The molecule has 94 valence electrons. The van der Waals surface area contributed by atoms with Crippen molar-refractivity contribution >= 4 is 17.3 Å². The molecule has 18 heavy (non-hydrogen) atoms. The molecule has 8 heteroatoms. The molecule has 0 fully saturated rings. The van der Waals surface area contributed by atoms with Gasteiger partial charge in [0.1, 0.15) is 12.7 Å². The van der Waals surface area contributed by atoms with Gasteiger partial charge in [-0.15, -0.1) is 10.2 Å². The molecule has 2 aromatic rings. The highest BCUT2D eigenvalue weighted by Crippen LogP contribution is 2.30. The fourth-order valence-corrected chi connectivity index (χ4v) is 1.69. The Kier molecular flexibility index (Phi) is 3.66. The number of hydrogen-bond donors (Lipinski definition) is 0. The van der Waals surface area contributed by atoms with Gasteiger partial charge in [-0.25, -0.2) is 4.68 Å². The van der Waals surface area contributed by atoms with Gasteiger partial charge in [0.25, 0.3) is 0 Å². The minimum absolute atomic E-state index is 0.664. The number of rotatable bonds is 3. The van der Waals surface area contributed by atoms with Gasteiger partial charge >= 0.3 is 6.18 Å². The van der Waals surface area contributed by atoms with Crippen molar-refractivity contribution in [3.05, 3.63) is 42.5 Å². The summed E-state index contributed by atoms with van der Waals surface area (Å²) in [5, 5.41) is 11.0. The topological polar surface area (TPSA) is 43.1 Å². The highest BCUT2D eigenvalue weighted by molar-refractivity contribution is 8.12. The van der Waals surface area contributed by atoms with Gasteiger partial charge in [0, 0.05) is 4.90 Å². The van der Waals surface area contributed by atoms with E-state index in [0.29, 0.717) is 4.90 Å². The van der Waals surface area contributed by atoms with E-state index in [4.69, 9.17) is 0 Å². The first kappa shape index (κ1) is 12.6. The van der Waals surface area contributed by atoms with E-state index in [0.717, 1.165) is 12.1 Å². The summed E-state index contributed by atoms with van der Waals surface area (Å²) < 4.78 is 38.3. The quantitative estimate of drug-likeness (QED) is 0.490. The molecule has 1 heterocycles. The van der Waals surface area contributed by atoms with Gasteiger partial charge in [0.05, 0.1) is 11.1 Å². The molecule has 0 aliphatic carbocycles. The Morgan fingerprint density at radius 1 is 1.11 bits per heavy atom. The molecule has 1 aromatic heterocycles. The van der Waals surface area contributed by atoms with Crippen molar-refractivity contribution in [3.63, 3.8) is 0 Å². The summed E-state index contributed by atoms with van der Waals surface area (Å²) in [5.41, 5.74) is 0.828. The van der Waals surface area contributed by atoms with Crippen LogP contribution in [0.4, 0.5) is 13.2 Å². The number of nitrogens with zero attached hydrogens (tertiary/aromatic N) is 4. The van der Waals surface area contributed by atoms with Crippen LogP contribution in [0.25, 0.3) is 0 Å². The first-order valence-electron chi connectivity index (χ1n) is 4.77. The third-order valence-corrected chi connectivity index (χ3v) is 2.70. The summed E-state index contributed by atoms with van der Waals surface area (Å²) >= 11 is 1.20. The third kappa shape index (κ3) is 3.33. The molecular weight excluding hydrogens is 265 g/mol. The van der Waals surface area contributed by atoms with E-state index in [2.05, 4.69) is 15.3 Å². The Morgan fingerprint density at radius 3 is 2.28 bits per heavy atom. The molecule has 0 N–H and O–H groups in total. The summed E-state index contributed by atoms with van der Waals surface area (Å²) in [6.45, 7) is 0. The summed E-state index contributed by atoms with van der Waals surface area (Å²) in [4.78, 5) is 0.667. The Balaban J connectivity index is 1.99. The van der Waals surface area contributed by atoms with Gasteiger partial charge in [-0.2, -0.15) is 18.3 Å². The third-order valence-electron chi connectivity index (χ3n) is 1.96. The number of thioether (sulfide) groups is 1. The summed E-state index contributed by atoms with van der Waals surface area (Å²) in [6.07, 6.45) is -1.49. The van der Waals surface area contributed by atoms with Crippen LogP contribution in [-0.4, -0.2) is 20.4 Å². The van der Waals surface area contributed by atoms with Gasteiger partial charge in [0.15, 0.2) is 0 Å². The molecule has 0 aliphatic heterocycles. The summed E-state index contributed by atoms with van der Waals surface area (Å²) in [5.74, 6) is 0. The van der Waals surface area contributed by atoms with E-state index in [9.17, 15) is 13.2 Å². The van der Waals surface area contributed by atoms with Crippen molar-refractivity contribution in [2.45, 2.75) is 11.1 Å². The van der Waals surface area contributed by atoms with Crippen molar-refractivity contribution in [1.29, 1.82) is 0 Å². The second-order valence-electron chi connectivity index (χ2n) is 3.20. The average molecular weight is 272 g/mol. The van der Waals surface area contributed by atoms with Crippen LogP contribution in [0.3, 0.4) is 0 Å². The molecular formula is C10H7F3N4S. The van der Waals surface area contributed by atoms with Crippen LogP contribution in [0.2, 0.25) is 0 Å². The number of aromatic nitrogens is 3. The van der Waals surface area contributed by atoms with E-state index in [1.54, 1.807) is 0 Å². The van der Waals surface area contributed by atoms with E-state index in [-0.39, 0.29) is 0 Å². The SMILES string of the molecule is FC(F)(F)c1ccc(S/C=N/n2cnnc2)cc1. The van der Waals surface area contributed by atoms with Crippen molar-refractivity contribution in [3.8, 4) is 0 Å². The summed E-state index contributed by atoms with van der Waals surface area (Å²) in [7, 11) is 0. The number of benzene rings is 1. The molecule has 4 nitrogen and oxygen atoms in total. The summed E-state index contributed by atoms with van der Waals surface area (Å²) in [6, 6.07) is 4.86. The molecule has 0 bridgehead atoms. The molecule has 0 saturated heterocycles. The minimum Gasteiger partial charge on any atom is -0.207 e. The molecule has 0 aliphatic rings. The fraction of sp³-hybridized carbons (Fsp3) is 0.100. The second-order valence-corrected chi connectivity index (χ2v) is 4.12. The largest absolute Gasteiger partial charge is 0.416 e. The first-order chi connectivity index (χ1) is 8.55. The van der Waals surface area contributed by atoms with E-state index in [1.807, 2.05) is 0 Å². The predicted molar refractivity (Wildman–Crippen MR) is 61.2 cm³/mol. The lowest BCUT2D eigenvalue weighted by Gasteiger charge is -2.06. The molecule has 0 saturated carbocycles. The normalized spacial score (nSPS) is 12.2. The molecule has 0 spiro atoms. The highest BCUT2D eigenvalue weighted by atomic mass is 32.2. The minimum atomic E-state index is -4.31. The van der Waals surface area contributed by atoms with E-state index >= 15 is 0 Å². The zero-order chi connectivity index (χ0) is 13.0. The fourth-order valence-electron chi connectivity index (χ4n) is 1.12. The highest BCUT2D eigenvalue weighted by Gasteiger charge is 2.29. The maximum absolute atomic E-state index is 12.3. The zero-order valence-electron chi connectivity index (χ0n) is 8.87. The van der Waals surface area contributed by atoms with Crippen molar-refractivity contribution in [2.24, 2.45) is 5.10 Å². The van der Waals surface area contributed by atoms with Gasteiger partial charge in [0.2, 0.25) is 0 Å². The average Bonchev–Trinajstić information content (AvgIpc) is 2.82. The van der Waals surface area contributed by atoms with Crippen LogP contribution in [0.5, 0.6) is 0 Å². The Bertz CT molecular complexity index is 519. The second kappa shape index (κ2) is 5.21. The molecule has 0 atom stereocenters. The van der Waals surface area contributed by atoms with Gasteiger partial charge in [-0.05, 0) is 24.3 Å². The molecule has 0 radical (unpaired) electrons. The molecule has 0 unspecified atom stereocenters. The lowest BCUT2D eigenvalue weighted by Crippen LogP contribution is -2.03. The van der Waals surface area contributed by atoms with Crippen LogP contribution in [0, 0.1) is 0 Å². The van der Waals surface area contributed by atoms with Crippen LogP contribution in [0.1, 0.15) is 5.56 Å². The number of halogens is 3. The Morgan fingerprint density at radius 2 is 1.72 bits per heavy atom. The molecule has 1 aromatic carbocycles. The van der Waals surface area contributed by atoms with Crippen LogP contribution in [-0.2, 0) is 6.18 Å².